The van der Waals surface area contributed by atoms with Gasteiger partial charge < -0.3 is 10.1 Å². The first kappa shape index (κ1) is 13.8. The number of rotatable bonds is 4. The summed E-state index contributed by atoms with van der Waals surface area (Å²) >= 11 is 0. The van der Waals surface area contributed by atoms with Crippen molar-refractivity contribution < 1.29 is 9.53 Å². The van der Waals surface area contributed by atoms with Crippen molar-refractivity contribution in [3.05, 3.63) is 60.3 Å². The molecule has 2 aromatic heterocycles. The molecule has 23 heavy (non-hydrogen) atoms. The van der Waals surface area contributed by atoms with Crippen LogP contribution in [0, 0.1) is 0 Å². The number of nitrogens with one attached hydrogen (secondary N) is 1. The Morgan fingerprint density at radius 2 is 2.00 bits per heavy atom. The van der Waals surface area contributed by atoms with E-state index in [0.717, 1.165) is 24.1 Å². The molecule has 2 heterocycles. The topological polar surface area (TPSA) is 55.6 Å². The number of pyridine rings is 1. The Hall–Kier alpha value is -2.82. The molecule has 1 aromatic carbocycles. The molecule has 0 bridgehead atoms. The predicted octanol–water partition coefficient (Wildman–Crippen LogP) is 3.52. The van der Waals surface area contributed by atoms with E-state index in [1.165, 1.54) is 6.42 Å². The maximum atomic E-state index is 12.3. The number of carbonyl (C=O) groups is 1. The Labute approximate surface area is 133 Å². The van der Waals surface area contributed by atoms with Gasteiger partial charge in [-0.3, -0.25) is 4.79 Å². The summed E-state index contributed by atoms with van der Waals surface area (Å²) in [6, 6.07) is 14.9. The molecule has 0 spiro atoms. The van der Waals surface area contributed by atoms with Crippen LogP contribution >= 0.6 is 0 Å². The third kappa shape index (κ3) is 2.90. The van der Waals surface area contributed by atoms with Gasteiger partial charge in [0.1, 0.15) is 5.75 Å². The molecule has 0 saturated heterocycles. The fourth-order valence-corrected chi connectivity index (χ4v) is 2.55. The molecular weight excluding hydrogens is 290 g/mol. The van der Waals surface area contributed by atoms with Crippen LogP contribution < -0.4 is 10.1 Å². The van der Waals surface area contributed by atoms with Crippen molar-refractivity contribution >= 4 is 17.2 Å². The molecule has 0 radical (unpaired) electrons. The molecule has 1 aliphatic carbocycles. The molecule has 1 N–H and O–H groups in total. The quantitative estimate of drug-likeness (QED) is 0.802. The normalized spacial score (nSPS) is 14.4. The Kier molecular flexibility index (Phi) is 3.46. The minimum Gasteiger partial charge on any atom is -0.490 e. The lowest BCUT2D eigenvalue weighted by Gasteiger charge is -2.26. The summed E-state index contributed by atoms with van der Waals surface area (Å²) in [6.45, 7) is 0. The molecule has 0 aliphatic heterocycles. The summed E-state index contributed by atoms with van der Waals surface area (Å²) in [5, 5.41) is 7.13. The lowest BCUT2D eigenvalue weighted by molar-refractivity contribution is 0.102. The summed E-state index contributed by atoms with van der Waals surface area (Å²) < 4.78 is 7.52. The van der Waals surface area contributed by atoms with Crippen LogP contribution in [0.15, 0.2) is 54.7 Å². The van der Waals surface area contributed by atoms with Crippen molar-refractivity contribution in [3.63, 3.8) is 0 Å². The summed E-state index contributed by atoms with van der Waals surface area (Å²) in [4.78, 5) is 12.3. The van der Waals surface area contributed by atoms with Crippen molar-refractivity contribution in [2.75, 3.05) is 5.32 Å². The summed E-state index contributed by atoms with van der Waals surface area (Å²) in [5.74, 6) is 1.18. The zero-order valence-electron chi connectivity index (χ0n) is 12.6. The van der Waals surface area contributed by atoms with E-state index in [2.05, 4.69) is 10.4 Å². The first-order chi connectivity index (χ1) is 11.3. The van der Waals surface area contributed by atoms with Crippen LogP contribution in [-0.2, 0) is 0 Å². The average molecular weight is 307 g/mol. The molecule has 5 nitrogen and oxygen atoms in total. The van der Waals surface area contributed by atoms with Gasteiger partial charge in [-0.2, -0.15) is 5.10 Å². The summed E-state index contributed by atoms with van der Waals surface area (Å²) in [5.41, 5.74) is 1.52. The van der Waals surface area contributed by atoms with E-state index in [-0.39, 0.29) is 5.91 Å². The largest absolute Gasteiger partial charge is 0.490 e. The Morgan fingerprint density at radius 1 is 1.17 bits per heavy atom. The van der Waals surface area contributed by atoms with Crippen LogP contribution in [0.1, 0.15) is 29.6 Å². The van der Waals surface area contributed by atoms with Gasteiger partial charge >= 0.3 is 0 Å². The highest BCUT2D eigenvalue weighted by molar-refractivity contribution is 6.04. The van der Waals surface area contributed by atoms with Gasteiger partial charge in [0.15, 0.2) is 5.82 Å². The molecule has 1 aliphatic rings. The molecular formula is C18H17N3O2. The highest BCUT2D eigenvalue weighted by Gasteiger charge is 2.19. The number of benzene rings is 1. The average Bonchev–Trinajstić information content (AvgIpc) is 2.93. The van der Waals surface area contributed by atoms with E-state index in [1.54, 1.807) is 16.6 Å². The molecule has 0 atom stereocenters. The lowest BCUT2D eigenvalue weighted by atomic mass is 9.96. The zero-order valence-corrected chi connectivity index (χ0v) is 12.6. The summed E-state index contributed by atoms with van der Waals surface area (Å²) in [7, 11) is 0. The first-order valence-electron chi connectivity index (χ1n) is 7.80. The van der Waals surface area contributed by atoms with E-state index in [9.17, 15) is 4.79 Å². The number of aromatic nitrogens is 2. The van der Waals surface area contributed by atoms with Crippen molar-refractivity contribution in [3.8, 4) is 5.75 Å². The number of hydrogen-bond donors (Lipinski definition) is 1. The van der Waals surface area contributed by atoms with Crippen LogP contribution in [-0.4, -0.2) is 21.6 Å². The number of ether oxygens (including phenoxy) is 1. The van der Waals surface area contributed by atoms with Crippen LogP contribution in [0.5, 0.6) is 5.75 Å². The zero-order chi connectivity index (χ0) is 15.6. The molecule has 0 unspecified atom stereocenters. The van der Waals surface area contributed by atoms with Crippen LogP contribution in [0.2, 0.25) is 0 Å². The SMILES string of the molecule is O=C(Nc1cc2ccccn2n1)c1ccc(OC2CCC2)cc1. The second-order valence-electron chi connectivity index (χ2n) is 5.75. The van der Waals surface area contributed by atoms with Crippen molar-refractivity contribution in [1.82, 2.24) is 9.61 Å². The van der Waals surface area contributed by atoms with E-state index in [0.29, 0.717) is 17.5 Å². The minimum absolute atomic E-state index is 0.177. The van der Waals surface area contributed by atoms with Gasteiger partial charge in [-0.05, 0) is 55.7 Å². The van der Waals surface area contributed by atoms with Gasteiger partial charge in [0.2, 0.25) is 0 Å². The molecule has 5 heteroatoms. The summed E-state index contributed by atoms with van der Waals surface area (Å²) in [6.07, 6.45) is 5.67. The smallest absolute Gasteiger partial charge is 0.256 e. The fraction of sp³-hybridized carbons (Fsp3) is 0.222. The Balaban J connectivity index is 1.45. The number of anilines is 1. The third-order valence-corrected chi connectivity index (χ3v) is 4.08. The number of nitrogens with zero attached hydrogens (tertiary/aromatic N) is 2. The lowest BCUT2D eigenvalue weighted by Crippen LogP contribution is -2.24. The van der Waals surface area contributed by atoms with E-state index in [1.807, 2.05) is 42.6 Å². The van der Waals surface area contributed by atoms with Crippen LogP contribution in [0.3, 0.4) is 0 Å². The van der Waals surface area contributed by atoms with Gasteiger partial charge in [-0.15, -0.1) is 0 Å². The monoisotopic (exact) mass is 307 g/mol. The van der Waals surface area contributed by atoms with Gasteiger partial charge in [0.25, 0.3) is 5.91 Å². The molecule has 4 rings (SSSR count). The maximum absolute atomic E-state index is 12.3. The van der Waals surface area contributed by atoms with E-state index < -0.39 is 0 Å². The molecule has 3 aromatic rings. The van der Waals surface area contributed by atoms with Gasteiger partial charge in [-0.25, -0.2) is 4.52 Å². The molecule has 1 amide bonds. The van der Waals surface area contributed by atoms with Gasteiger partial charge in [0, 0.05) is 17.8 Å². The van der Waals surface area contributed by atoms with Crippen LogP contribution in [0.4, 0.5) is 5.82 Å². The van der Waals surface area contributed by atoms with E-state index in [4.69, 9.17) is 4.74 Å². The number of fused-ring (bicyclic) bond motifs is 1. The molecule has 1 fully saturated rings. The Bertz CT molecular complexity index is 802. The predicted molar refractivity (Wildman–Crippen MR) is 87.9 cm³/mol. The number of amides is 1. The van der Waals surface area contributed by atoms with Crippen molar-refractivity contribution in [2.45, 2.75) is 25.4 Å². The minimum atomic E-state index is -0.177. The van der Waals surface area contributed by atoms with Crippen LogP contribution in [0.25, 0.3) is 5.52 Å². The van der Waals surface area contributed by atoms with Crippen molar-refractivity contribution in [2.24, 2.45) is 0 Å². The van der Waals surface area contributed by atoms with Crippen molar-refractivity contribution in [1.29, 1.82) is 0 Å². The fourth-order valence-electron chi connectivity index (χ4n) is 2.55. The highest BCUT2D eigenvalue weighted by atomic mass is 16.5. The maximum Gasteiger partial charge on any atom is 0.256 e. The van der Waals surface area contributed by atoms with Gasteiger partial charge in [0.05, 0.1) is 11.6 Å². The highest BCUT2D eigenvalue weighted by Crippen LogP contribution is 2.25. The second-order valence-corrected chi connectivity index (χ2v) is 5.75. The standard InChI is InChI=1S/C18H17N3O2/c22-18(19-17-12-14-4-1-2-11-21(14)20-17)13-7-9-16(10-8-13)23-15-5-3-6-15/h1-2,4,7-12,15H,3,5-6H2,(H,19,20,22). The Morgan fingerprint density at radius 3 is 2.70 bits per heavy atom. The molecule has 1 saturated carbocycles. The second kappa shape index (κ2) is 5.76. The van der Waals surface area contributed by atoms with E-state index >= 15 is 0 Å². The number of carbonyl (C=O) groups excluding carboxylic acids is 1. The molecule has 116 valence electrons. The van der Waals surface area contributed by atoms with Gasteiger partial charge in [-0.1, -0.05) is 6.07 Å². The number of hydrogen-bond acceptors (Lipinski definition) is 3. The first-order valence-corrected chi connectivity index (χ1v) is 7.80. The third-order valence-electron chi connectivity index (χ3n) is 4.08.